The number of benzene rings is 3. The second-order valence-corrected chi connectivity index (χ2v) is 8.59. The number of hydrogen-bond acceptors (Lipinski definition) is 2. The second-order valence-electron chi connectivity index (χ2n) is 8.59. The third-order valence-corrected chi connectivity index (χ3v) is 6.38. The highest BCUT2D eigenvalue weighted by Gasteiger charge is 2.19. The van der Waals surface area contributed by atoms with Gasteiger partial charge in [0.15, 0.2) is 0 Å². The number of aromatic nitrogens is 4. The molecule has 0 saturated heterocycles. The summed E-state index contributed by atoms with van der Waals surface area (Å²) < 4.78 is 12.7. The number of imidazole rings is 1. The Kier molecular flexibility index (Phi) is 3.99. The first kappa shape index (κ1) is 18.9. The zero-order valence-corrected chi connectivity index (χ0v) is 18.6. The summed E-state index contributed by atoms with van der Waals surface area (Å²) in [5.41, 5.74) is 5.58. The van der Waals surface area contributed by atoms with E-state index in [2.05, 4.69) is 63.8 Å². The van der Waals surface area contributed by atoms with Crippen LogP contribution in [0, 0.1) is 0 Å². The van der Waals surface area contributed by atoms with Crippen LogP contribution >= 0.6 is 0 Å². The summed E-state index contributed by atoms with van der Waals surface area (Å²) in [6.07, 6.45) is 12.2. The maximum absolute atomic E-state index is 6.35. The van der Waals surface area contributed by atoms with Crippen LogP contribution in [0.3, 0.4) is 0 Å². The number of nitrogens with zero attached hydrogens (tertiary/aromatic N) is 4. The molecule has 0 amide bonds. The van der Waals surface area contributed by atoms with Gasteiger partial charge >= 0.3 is 0 Å². The topological polar surface area (TPSA) is 35.9 Å². The summed E-state index contributed by atoms with van der Waals surface area (Å²) in [4.78, 5) is 4.75. The second kappa shape index (κ2) is 7.18. The van der Waals surface area contributed by atoms with Crippen molar-refractivity contribution >= 4 is 34.0 Å². The van der Waals surface area contributed by atoms with Crippen LogP contribution in [0.2, 0.25) is 0 Å². The largest absolute Gasteiger partial charge is 0.457 e. The maximum atomic E-state index is 6.35. The van der Waals surface area contributed by atoms with Gasteiger partial charge in [0.05, 0.1) is 18.1 Å². The number of hydrogen-bond donors (Lipinski definition) is 0. The SMILES string of the molecule is C[n+]1ccn(-c2cccc(Oc3ccc4c5cccc6c5n(c4c3)-c3ncccc3C=C6)c2)c1. The molecule has 5 heteroatoms. The van der Waals surface area contributed by atoms with Gasteiger partial charge in [0, 0.05) is 34.7 Å². The van der Waals surface area contributed by atoms with E-state index in [0.717, 1.165) is 34.1 Å². The first-order valence-corrected chi connectivity index (χ1v) is 11.3. The average Bonchev–Trinajstić information content (AvgIpc) is 3.39. The molecule has 3 aromatic carbocycles. The molecule has 0 saturated carbocycles. The van der Waals surface area contributed by atoms with E-state index in [1.165, 1.54) is 21.9 Å². The van der Waals surface area contributed by atoms with Crippen LogP contribution in [-0.4, -0.2) is 14.1 Å². The van der Waals surface area contributed by atoms with E-state index >= 15 is 0 Å². The van der Waals surface area contributed by atoms with E-state index < -0.39 is 0 Å². The highest BCUT2D eigenvalue weighted by molar-refractivity contribution is 6.13. The molecule has 162 valence electrons. The van der Waals surface area contributed by atoms with Crippen LogP contribution in [0.25, 0.3) is 45.5 Å². The summed E-state index contributed by atoms with van der Waals surface area (Å²) in [6, 6.07) is 25.0. The minimum atomic E-state index is 0.790. The molecule has 0 unspecified atom stereocenters. The molecule has 6 aromatic rings. The van der Waals surface area contributed by atoms with Crippen LogP contribution in [-0.2, 0) is 7.05 Å². The Bertz CT molecular complexity index is 1760. The lowest BCUT2D eigenvalue weighted by atomic mass is 10.1. The highest BCUT2D eigenvalue weighted by Crippen LogP contribution is 2.39. The summed E-state index contributed by atoms with van der Waals surface area (Å²) >= 11 is 0. The number of rotatable bonds is 3. The fourth-order valence-electron chi connectivity index (χ4n) is 4.84. The zero-order chi connectivity index (χ0) is 22.6. The zero-order valence-electron chi connectivity index (χ0n) is 18.6. The van der Waals surface area contributed by atoms with Crippen LogP contribution in [0.15, 0.2) is 97.7 Å². The number of fused-ring (bicyclic) bond motifs is 5. The molecular formula is C29H21N4O+. The third kappa shape index (κ3) is 2.87. The van der Waals surface area contributed by atoms with E-state index in [1.54, 1.807) is 0 Å². The molecule has 0 radical (unpaired) electrons. The standard InChI is InChI=1S/C29H21N4O/c1-31-15-16-32(19-31)22-7-3-8-23(17-22)34-24-12-13-25-26-9-2-5-20-10-11-21-6-4-14-30-29(21)33(28(20)26)27(25)18-24/h2-19H,1H3/q+1. The molecule has 1 aliphatic heterocycles. The molecule has 3 aromatic heterocycles. The third-order valence-electron chi connectivity index (χ3n) is 6.38. The van der Waals surface area contributed by atoms with Gasteiger partial charge in [0.25, 0.3) is 0 Å². The number of aryl methyl sites for hydroxylation is 1. The number of para-hydroxylation sites is 1. The van der Waals surface area contributed by atoms with Crippen molar-refractivity contribution in [2.24, 2.45) is 7.05 Å². The maximum Gasteiger partial charge on any atom is 0.248 e. The quantitative estimate of drug-likeness (QED) is 0.312. The highest BCUT2D eigenvalue weighted by atomic mass is 16.5. The Hall–Kier alpha value is -4.64. The minimum absolute atomic E-state index is 0.790. The Morgan fingerprint density at radius 3 is 2.59 bits per heavy atom. The number of ether oxygens (including phenoxy) is 1. The Morgan fingerprint density at radius 1 is 0.824 bits per heavy atom. The molecule has 0 atom stereocenters. The van der Waals surface area contributed by atoms with Crippen molar-refractivity contribution in [1.29, 1.82) is 0 Å². The van der Waals surface area contributed by atoms with Gasteiger partial charge in [-0.15, -0.1) is 0 Å². The molecule has 4 heterocycles. The molecule has 5 nitrogen and oxygen atoms in total. The van der Waals surface area contributed by atoms with Crippen molar-refractivity contribution in [1.82, 2.24) is 14.1 Å². The Labute approximate surface area is 196 Å². The van der Waals surface area contributed by atoms with E-state index in [0.29, 0.717) is 0 Å². The molecule has 1 aliphatic rings. The molecule has 34 heavy (non-hydrogen) atoms. The van der Waals surface area contributed by atoms with Crippen molar-refractivity contribution in [3.05, 3.63) is 109 Å². The van der Waals surface area contributed by atoms with Crippen LogP contribution in [0.5, 0.6) is 11.5 Å². The molecule has 7 rings (SSSR count). The van der Waals surface area contributed by atoms with E-state index in [4.69, 9.17) is 9.72 Å². The van der Waals surface area contributed by atoms with E-state index in [-0.39, 0.29) is 0 Å². The lowest BCUT2D eigenvalue weighted by molar-refractivity contribution is -0.670. The van der Waals surface area contributed by atoms with Crippen molar-refractivity contribution in [3.63, 3.8) is 0 Å². The Morgan fingerprint density at radius 2 is 1.68 bits per heavy atom. The van der Waals surface area contributed by atoms with Gasteiger partial charge < -0.3 is 4.74 Å². The monoisotopic (exact) mass is 441 g/mol. The molecular weight excluding hydrogens is 420 g/mol. The van der Waals surface area contributed by atoms with Gasteiger partial charge in [0.2, 0.25) is 6.33 Å². The van der Waals surface area contributed by atoms with E-state index in [1.807, 2.05) is 66.9 Å². The van der Waals surface area contributed by atoms with Crippen molar-refractivity contribution in [3.8, 4) is 23.0 Å². The molecule has 0 fully saturated rings. The average molecular weight is 442 g/mol. The lowest BCUT2D eigenvalue weighted by Crippen LogP contribution is -2.23. The van der Waals surface area contributed by atoms with E-state index in [9.17, 15) is 0 Å². The lowest BCUT2D eigenvalue weighted by Gasteiger charge is -2.10. The van der Waals surface area contributed by atoms with Gasteiger partial charge in [-0.2, -0.15) is 0 Å². The first-order chi connectivity index (χ1) is 16.7. The summed E-state index contributed by atoms with van der Waals surface area (Å²) in [6.45, 7) is 0. The first-order valence-electron chi connectivity index (χ1n) is 11.3. The van der Waals surface area contributed by atoms with Gasteiger partial charge in [-0.3, -0.25) is 4.57 Å². The van der Waals surface area contributed by atoms with Gasteiger partial charge in [0.1, 0.15) is 35.4 Å². The van der Waals surface area contributed by atoms with Gasteiger partial charge in [-0.05, 0) is 42.0 Å². The molecule has 0 bridgehead atoms. The molecule has 0 spiro atoms. The van der Waals surface area contributed by atoms with Crippen LogP contribution in [0.4, 0.5) is 0 Å². The van der Waals surface area contributed by atoms with Gasteiger partial charge in [-0.1, -0.05) is 36.4 Å². The van der Waals surface area contributed by atoms with Crippen LogP contribution < -0.4 is 9.30 Å². The summed E-state index contributed by atoms with van der Waals surface area (Å²) in [5, 5.41) is 2.40. The summed E-state index contributed by atoms with van der Waals surface area (Å²) in [5.74, 6) is 2.52. The fourth-order valence-corrected chi connectivity index (χ4v) is 4.84. The molecule has 0 N–H and O–H groups in total. The smallest absolute Gasteiger partial charge is 0.248 e. The minimum Gasteiger partial charge on any atom is -0.457 e. The predicted octanol–water partition coefficient (Wildman–Crippen LogP) is 6.07. The van der Waals surface area contributed by atoms with Crippen LogP contribution in [0.1, 0.15) is 11.1 Å². The normalized spacial score (nSPS) is 12.1. The van der Waals surface area contributed by atoms with Gasteiger partial charge in [-0.25, -0.2) is 14.1 Å². The fraction of sp³-hybridized carbons (Fsp3) is 0.0345. The predicted molar refractivity (Wildman–Crippen MR) is 135 cm³/mol. The molecule has 0 aliphatic carbocycles. The van der Waals surface area contributed by atoms with Crippen molar-refractivity contribution in [2.45, 2.75) is 0 Å². The number of pyridine rings is 1. The summed E-state index contributed by atoms with van der Waals surface area (Å²) in [7, 11) is 2.01. The van der Waals surface area contributed by atoms with Crippen molar-refractivity contribution in [2.75, 3.05) is 0 Å². The van der Waals surface area contributed by atoms with Crippen molar-refractivity contribution < 1.29 is 9.30 Å². The Balaban J connectivity index is 1.39.